The molecular weight excluding hydrogens is 345 g/mol. The zero-order chi connectivity index (χ0) is 18.2. The van der Waals surface area contributed by atoms with Crippen molar-refractivity contribution in [1.82, 2.24) is 5.32 Å². The van der Waals surface area contributed by atoms with Gasteiger partial charge >= 0.3 is 0 Å². The highest BCUT2D eigenvalue weighted by Gasteiger charge is 2.13. The Hall–Kier alpha value is -2.40. The van der Waals surface area contributed by atoms with Crippen LogP contribution in [0.2, 0.25) is 5.02 Å². The van der Waals surface area contributed by atoms with E-state index in [4.69, 9.17) is 16.3 Å². The van der Waals surface area contributed by atoms with Crippen molar-refractivity contribution in [1.29, 1.82) is 0 Å². The molecule has 2 rings (SSSR count). The minimum atomic E-state index is -0.346. The summed E-state index contributed by atoms with van der Waals surface area (Å²) < 4.78 is 18.9. The number of Topliss-reactive ketones (excluding diaryl/α,β-unsaturated/α-hetero) is 1. The van der Waals surface area contributed by atoms with Crippen molar-refractivity contribution < 1.29 is 18.7 Å². The van der Waals surface area contributed by atoms with Crippen molar-refractivity contribution in [2.75, 3.05) is 13.2 Å². The van der Waals surface area contributed by atoms with E-state index in [0.29, 0.717) is 41.3 Å². The van der Waals surface area contributed by atoms with E-state index in [2.05, 4.69) is 5.32 Å². The van der Waals surface area contributed by atoms with Crippen LogP contribution in [-0.2, 0) is 11.2 Å². The third kappa shape index (κ3) is 5.57. The maximum Gasteiger partial charge on any atom is 0.257 e. The number of ether oxygens (including phenoxy) is 1. The zero-order valence-electron chi connectivity index (χ0n) is 13.9. The number of ketones is 1. The standard InChI is InChI=1S/C19H19ClFNO3/c1-2-17(23)15-11-14(20)7-8-18(15)25-12-19(24)22-10-9-13-5-3-4-6-16(13)21/h3-8,11H,2,9-10,12H2,1H3,(H,22,24). The van der Waals surface area contributed by atoms with Crippen LogP contribution in [-0.4, -0.2) is 24.8 Å². The van der Waals surface area contributed by atoms with Gasteiger partial charge in [0.15, 0.2) is 12.4 Å². The fraction of sp³-hybridized carbons (Fsp3) is 0.263. The number of hydrogen-bond acceptors (Lipinski definition) is 3. The highest BCUT2D eigenvalue weighted by molar-refractivity contribution is 6.31. The van der Waals surface area contributed by atoms with Crippen LogP contribution in [0.15, 0.2) is 42.5 Å². The Balaban J connectivity index is 1.86. The number of benzene rings is 2. The Kier molecular flexibility index (Phi) is 6.95. The molecule has 0 radical (unpaired) electrons. The maximum absolute atomic E-state index is 13.5. The lowest BCUT2D eigenvalue weighted by molar-refractivity contribution is -0.123. The average molecular weight is 364 g/mol. The van der Waals surface area contributed by atoms with E-state index in [-0.39, 0.29) is 24.1 Å². The topological polar surface area (TPSA) is 55.4 Å². The van der Waals surface area contributed by atoms with Crippen molar-refractivity contribution >= 4 is 23.3 Å². The number of nitrogens with one attached hydrogen (secondary N) is 1. The van der Waals surface area contributed by atoms with Gasteiger partial charge in [-0.05, 0) is 36.2 Å². The molecule has 0 saturated heterocycles. The van der Waals surface area contributed by atoms with E-state index in [1.807, 2.05) is 0 Å². The molecule has 0 unspecified atom stereocenters. The van der Waals surface area contributed by atoms with Gasteiger partial charge in [-0.3, -0.25) is 9.59 Å². The maximum atomic E-state index is 13.5. The second-order valence-electron chi connectivity index (χ2n) is 5.40. The van der Waals surface area contributed by atoms with Crippen molar-refractivity contribution in [3.8, 4) is 5.75 Å². The lowest BCUT2D eigenvalue weighted by Gasteiger charge is -2.11. The largest absolute Gasteiger partial charge is 0.483 e. The minimum Gasteiger partial charge on any atom is -0.483 e. The molecule has 1 N–H and O–H groups in total. The van der Waals surface area contributed by atoms with Crippen LogP contribution < -0.4 is 10.1 Å². The van der Waals surface area contributed by atoms with Gasteiger partial charge in [0.1, 0.15) is 11.6 Å². The summed E-state index contributed by atoms with van der Waals surface area (Å²) in [7, 11) is 0. The van der Waals surface area contributed by atoms with Crippen LogP contribution >= 0.6 is 11.6 Å². The summed E-state index contributed by atoms with van der Waals surface area (Å²) in [4.78, 5) is 23.8. The van der Waals surface area contributed by atoms with Gasteiger partial charge in [0, 0.05) is 18.0 Å². The molecule has 2 aromatic carbocycles. The van der Waals surface area contributed by atoms with Gasteiger partial charge in [0.25, 0.3) is 5.91 Å². The van der Waals surface area contributed by atoms with E-state index >= 15 is 0 Å². The quantitative estimate of drug-likeness (QED) is 0.725. The second kappa shape index (κ2) is 9.18. The summed E-state index contributed by atoms with van der Waals surface area (Å²) in [6.07, 6.45) is 0.699. The summed E-state index contributed by atoms with van der Waals surface area (Å²) in [5, 5.41) is 3.09. The summed E-state index contributed by atoms with van der Waals surface area (Å²) in [6, 6.07) is 11.1. The molecule has 0 aliphatic carbocycles. The first kappa shape index (κ1) is 18.9. The average Bonchev–Trinajstić information content (AvgIpc) is 2.61. The molecule has 6 heteroatoms. The molecule has 0 fully saturated rings. The molecule has 1 amide bonds. The third-order valence-corrected chi connectivity index (χ3v) is 3.83. The molecule has 0 spiro atoms. The smallest absolute Gasteiger partial charge is 0.257 e. The molecule has 132 valence electrons. The van der Waals surface area contributed by atoms with Gasteiger partial charge in [-0.25, -0.2) is 4.39 Å². The van der Waals surface area contributed by atoms with Gasteiger partial charge in [-0.1, -0.05) is 36.7 Å². The number of amides is 1. The second-order valence-corrected chi connectivity index (χ2v) is 5.83. The zero-order valence-corrected chi connectivity index (χ0v) is 14.6. The molecule has 2 aromatic rings. The molecule has 0 heterocycles. The van der Waals surface area contributed by atoms with Crippen molar-refractivity contribution in [2.24, 2.45) is 0 Å². The van der Waals surface area contributed by atoms with E-state index in [9.17, 15) is 14.0 Å². The van der Waals surface area contributed by atoms with Crippen LogP contribution in [0.25, 0.3) is 0 Å². The van der Waals surface area contributed by atoms with Gasteiger partial charge in [-0.15, -0.1) is 0 Å². The number of hydrogen-bond donors (Lipinski definition) is 1. The minimum absolute atomic E-state index is 0.113. The third-order valence-electron chi connectivity index (χ3n) is 3.60. The lowest BCUT2D eigenvalue weighted by atomic mass is 10.1. The van der Waals surface area contributed by atoms with Crippen molar-refractivity contribution in [2.45, 2.75) is 19.8 Å². The van der Waals surface area contributed by atoms with Crippen LogP contribution in [0.4, 0.5) is 4.39 Å². The first-order valence-corrected chi connectivity index (χ1v) is 8.34. The van der Waals surface area contributed by atoms with Gasteiger partial charge < -0.3 is 10.1 Å². The normalized spacial score (nSPS) is 10.4. The summed E-state index contributed by atoms with van der Waals surface area (Å²) >= 11 is 5.90. The monoisotopic (exact) mass is 363 g/mol. The molecule has 0 saturated carbocycles. The van der Waals surface area contributed by atoms with Crippen molar-refractivity contribution in [3.05, 3.63) is 64.4 Å². The van der Waals surface area contributed by atoms with E-state index < -0.39 is 0 Å². The van der Waals surface area contributed by atoms with E-state index in [1.54, 1.807) is 37.3 Å². The summed E-state index contributed by atoms with van der Waals surface area (Å²) in [6.45, 7) is 1.80. The Bertz CT molecular complexity index is 764. The predicted molar refractivity (Wildman–Crippen MR) is 94.7 cm³/mol. The lowest BCUT2D eigenvalue weighted by Crippen LogP contribution is -2.30. The Morgan fingerprint density at radius 1 is 1.20 bits per heavy atom. The molecule has 0 bridgehead atoms. The van der Waals surface area contributed by atoms with Gasteiger partial charge in [0.05, 0.1) is 5.56 Å². The van der Waals surface area contributed by atoms with Crippen LogP contribution in [0.1, 0.15) is 29.3 Å². The van der Waals surface area contributed by atoms with E-state index in [1.165, 1.54) is 12.1 Å². The van der Waals surface area contributed by atoms with Gasteiger partial charge in [-0.2, -0.15) is 0 Å². The van der Waals surface area contributed by atoms with E-state index in [0.717, 1.165) is 0 Å². The molecular formula is C19H19ClFNO3. The molecule has 4 nitrogen and oxygen atoms in total. The highest BCUT2D eigenvalue weighted by Crippen LogP contribution is 2.24. The fourth-order valence-corrected chi connectivity index (χ4v) is 2.44. The van der Waals surface area contributed by atoms with Crippen LogP contribution in [0.3, 0.4) is 0 Å². The number of halogens is 2. The molecule has 25 heavy (non-hydrogen) atoms. The number of rotatable bonds is 8. The Labute approximate surface area is 150 Å². The SMILES string of the molecule is CCC(=O)c1cc(Cl)ccc1OCC(=O)NCCc1ccccc1F. The number of carbonyl (C=O) groups excluding carboxylic acids is 2. The van der Waals surface area contributed by atoms with Crippen LogP contribution in [0, 0.1) is 5.82 Å². The van der Waals surface area contributed by atoms with Gasteiger partial charge in [0.2, 0.25) is 0 Å². The summed E-state index contributed by atoms with van der Waals surface area (Å²) in [5.74, 6) is -0.434. The predicted octanol–water partition coefficient (Wildman–Crippen LogP) is 3.81. The Morgan fingerprint density at radius 2 is 1.96 bits per heavy atom. The molecule has 0 aliphatic heterocycles. The van der Waals surface area contributed by atoms with Crippen LogP contribution in [0.5, 0.6) is 5.75 Å². The molecule has 0 aliphatic rings. The first-order valence-electron chi connectivity index (χ1n) is 7.97. The number of carbonyl (C=O) groups is 2. The summed E-state index contributed by atoms with van der Waals surface area (Å²) in [5.41, 5.74) is 0.895. The first-order chi connectivity index (χ1) is 12.0. The highest BCUT2D eigenvalue weighted by atomic mass is 35.5. The Morgan fingerprint density at radius 3 is 2.68 bits per heavy atom. The molecule has 0 aromatic heterocycles. The molecule has 0 atom stereocenters. The fourth-order valence-electron chi connectivity index (χ4n) is 2.27. The van der Waals surface area contributed by atoms with Crippen molar-refractivity contribution in [3.63, 3.8) is 0 Å².